The first-order valence-corrected chi connectivity index (χ1v) is 16.2. The van der Waals surface area contributed by atoms with Gasteiger partial charge < -0.3 is 15.3 Å². The van der Waals surface area contributed by atoms with E-state index in [1.807, 2.05) is 0 Å². The Morgan fingerprint density at radius 2 is 1.88 bits per heavy atom. The van der Waals surface area contributed by atoms with Crippen molar-refractivity contribution >= 4 is 68.6 Å². The molecule has 3 N–H and O–H groups in total. The first kappa shape index (κ1) is 33.7. The van der Waals surface area contributed by atoms with E-state index in [0.29, 0.717) is 27.8 Å². The fourth-order valence-electron chi connectivity index (χ4n) is 4.38. The van der Waals surface area contributed by atoms with Crippen LogP contribution in [-0.4, -0.2) is 93.1 Å². The summed E-state index contributed by atoms with van der Waals surface area (Å²) in [5.74, 6) is -3.44. The van der Waals surface area contributed by atoms with Gasteiger partial charge in [0, 0.05) is 6.54 Å². The average molecular weight is 665 g/mol. The Bertz CT molecular complexity index is 1450. The van der Waals surface area contributed by atoms with E-state index in [0.717, 1.165) is 22.8 Å². The predicted molar refractivity (Wildman–Crippen MR) is 154 cm³/mol. The molecule has 3 unspecified atom stereocenters. The third kappa shape index (κ3) is 8.86. The number of carbonyl (C=O) groups excluding carboxylic acids is 3. The summed E-state index contributed by atoms with van der Waals surface area (Å²) in [5, 5.41) is 24.4. The number of carbonyl (C=O) groups is 4. The van der Waals surface area contributed by atoms with Gasteiger partial charge in [0.1, 0.15) is 24.7 Å². The zero-order valence-electron chi connectivity index (χ0n) is 23.2. The molecule has 0 radical (unpaired) electrons. The Morgan fingerprint density at radius 1 is 1.24 bits per heavy atom. The third-order valence-electron chi connectivity index (χ3n) is 6.64. The highest BCUT2D eigenvalue weighted by molar-refractivity contribution is 7.99. The molecule has 0 aliphatic carbocycles. The van der Waals surface area contributed by atoms with Crippen LogP contribution in [0, 0.1) is 5.41 Å². The van der Waals surface area contributed by atoms with E-state index in [4.69, 9.17) is 23.2 Å². The number of hydrogen-bond acceptors (Lipinski definition) is 10. The van der Waals surface area contributed by atoms with Crippen LogP contribution in [-0.2, 0) is 35.7 Å². The second-order valence-electron chi connectivity index (χ2n) is 10.5. The maximum Gasteiger partial charge on any atom is 0.305 e. The zero-order chi connectivity index (χ0) is 31.4. The smallest absolute Gasteiger partial charge is 0.305 e. The Morgan fingerprint density at radius 3 is 2.48 bits per heavy atom. The number of ketones is 1. The van der Waals surface area contributed by atoms with Crippen LogP contribution in [0.15, 0.2) is 28.3 Å². The van der Waals surface area contributed by atoms with E-state index in [9.17, 15) is 32.7 Å². The molecule has 3 atom stereocenters. The fraction of sp³-hybridized carbons (Fsp3) is 0.542. The van der Waals surface area contributed by atoms with Crippen LogP contribution in [0.2, 0.25) is 10.0 Å². The maximum absolute atomic E-state index is 13.4. The first-order valence-electron chi connectivity index (χ1n) is 12.7. The van der Waals surface area contributed by atoms with E-state index in [1.165, 1.54) is 11.8 Å². The van der Waals surface area contributed by atoms with Gasteiger partial charge in [-0.05, 0) is 54.3 Å². The summed E-state index contributed by atoms with van der Waals surface area (Å²) in [6.45, 7) is 4.60. The largest absolute Gasteiger partial charge is 0.481 e. The number of amides is 2. The molecule has 2 amide bonds. The van der Waals surface area contributed by atoms with Gasteiger partial charge in [-0.2, -0.15) is 4.80 Å². The molecular weight excluding hydrogens is 633 g/mol. The number of carboxylic acid groups (broad SMARTS) is 1. The molecular formula is C24H31Cl2N7O7S2. The van der Waals surface area contributed by atoms with E-state index < -0.39 is 70.1 Å². The molecule has 2 heterocycles. The Kier molecular flexibility index (Phi) is 11.0. The lowest BCUT2D eigenvalue weighted by molar-refractivity contribution is -0.144. The quantitative estimate of drug-likeness (QED) is 0.299. The SMILES string of the molecule is CC(C(=O)NC(CC(=O)O)C(=O)Cn1nnc(Sc2c(Cl)cccc2Cl)n1)N1CCCC(C)(C)C(NS(C)(=O)=O)C1=O. The summed E-state index contributed by atoms with van der Waals surface area (Å²) in [5.41, 5.74) is -0.730. The third-order valence-corrected chi connectivity index (χ3v) is 9.15. The van der Waals surface area contributed by atoms with Crippen molar-refractivity contribution in [3.63, 3.8) is 0 Å². The van der Waals surface area contributed by atoms with Crippen molar-refractivity contribution in [1.29, 1.82) is 0 Å². The minimum Gasteiger partial charge on any atom is -0.481 e. The summed E-state index contributed by atoms with van der Waals surface area (Å²) in [4.78, 5) is 53.9. The highest BCUT2D eigenvalue weighted by atomic mass is 35.5. The molecule has 1 aliphatic heterocycles. The van der Waals surface area contributed by atoms with Gasteiger partial charge in [0.15, 0.2) is 5.78 Å². The molecule has 3 rings (SSSR count). The summed E-state index contributed by atoms with van der Waals surface area (Å²) >= 11 is 13.4. The van der Waals surface area contributed by atoms with Gasteiger partial charge in [-0.1, -0.05) is 43.1 Å². The molecule has 1 aromatic heterocycles. The molecule has 42 heavy (non-hydrogen) atoms. The normalized spacial score (nSPS) is 18.7. The number of hydrogen-bond donors (Lipinski definition) is 3. The predicted octanol–water partition coefficient (Wildman–Crippen LogP) is 1.61. The van der Waals surface area contributed by atoms with Crippen LogP contribution in [0.4, 0.5) is 0 Å². The van der Waals surface area contributed by atoms with Gasteiger partial charge in [-0.25, -0.2) is 13.1 Å². The molecule has 18 heteroatoms. The molecule has 2 aromatic rings. The number of aromatic nitrogens is 4. The Balaban J connectivity index is 1.73. The Hall–Kier alpha value is -2.79. The lowest BCUT2D eigenvalue weighted by Crippen LogP contribution is -2.58. The summed E-state index contributed by atoms with van der Waals surface area (Å²) < 4.78 is 26.3. The molecule has 0 bridgehead atoms. The van der Waals surface area contributed by atoms with Crippen molar-refractivity contribution in [3.05, 3.63) is 28.2 Å². The maximum atomic E-state index is 13.4. The Labute approximate surface area is 256 Å². The van der Waals surface area contributed by atoms with Gasteiger partial charge in [0.2, 0.25) is 27.0 Å². The monoisotopic (exact) mass is 663 g/mol. The van der Waals surface area contributed by atoms with Gasteiger partial charge in [0.25, 0.3) is 0 Å². The minimum atomic E-state index is -3.75. The zero-order valence-corrected chi connectivity index (χ0v) is 26.3. The van der Waals surface area contributed by atoms with Crippen LogP contribution >= 0.6 is 35.0 Å². The van der Waals surface area contributed by atoms with Crippen molar-refractivity contribution in [3.8, 4) is 0 Å². The topological polar surface area (TPSA) is 194 Å². The van der Waals surface area contributed by atoms with Crippen molar-refractivity contribution < 1.29 is 32.7 Å². The number of nitrogens with zero attached hydrogens (tertiary/aromatic N) is 5. The second-order valence-corrected chi connectivity index (χ2v) is 14.1. The molecule has 0 saturated carbocycles. The number of likely N-dealkylation sites (tertiary alicyclic amines) is 1. The number of halogens is 2. The van der Waals surface area contributed by atoms with E-state index >= 15 is 0 Å². The number of rotatable bonds is 12. The molecule has 0 spiro atoms. The van der Waals surface area contributed by atoms with Crippen LogP contribution in [0.5, 0.6) is 0 Å². The van der Waals surface area contributed by atoms with Gasteiger partial charge in [-0.15, -0.1) is 10.2 Å². The second kappa shape index (κ2) is 13.7. The van der Waals surface area contributed by atoms with Crippen molar-refractivity contribution in [2.24, 2.45) is 5.41 Å². The van der Waals surface area contributed by atoms with E-state index in [-0.39, 0.29) is 11.7 Å². The average Bonchev–Trinajstić information content (AvgIpc) is 3.28. The molecule has 1 fully saturated rings. The number of benzene rings is 1. The van der Waals surface area contributed by atoms with Crippen molar-refractivity contribution in [2.45, 2.75) is 74.8 Å². The summed E-state index contributed by atoms with van der Waals surface area (Å²) in [7, 11) is -3.75. The highest BCUT2D eigenvalue weighted by Gasteiger charge is 2.44. The fourth-order valence-corrected chi connectivity index (χ4v) is 6.58. The van der Waals surface area contributed by atoms with Gasteiger partial charge in [-0.3, -0.25) is 19.2 Å². The van der Waals surface area contributed by atoms with Crippen LogP contribution < -0.4 is 10.0 Å². The number of Topliss-reactive ketones (excluding diaryl/α,β-unsaturated/α-hetero) is 1. The van der Waals surface area contributed by atoms with Crippen LogP contribution in [0.25, 0.3) is 0 Å². The first-order chi connectivity index (χ1) is 19.5. The number of tetrazole rings is 1. The van der Waals surface area contributed by atoms with E-state index in [1.54, 1.807) is 32.0 Å². The standard InChI is InChI=1S/C24H31Cl2N7O7S2/c1-13(32-10-6-9-24(2,3)20(22(32)38)30-42(4,39)40)21(37)27-16(11-18(35)36)17(34)12-33-29-23(28-31-33)41-19-14(25)7-5-8-15(19)26/h5,7-8,13,16,20,30H,6,9-12H2,1-4H3,(H,27,37)(H,35,36). The lowest BCUT2D eigenvalue weighted by atomic mass is 9.81. The van der Waals surface area contributed by atoms with Crippen molar-refractivity contribution in [2.75, 3.05) is 12.8 Å². The molecule has 14 nitrogen and oxygen atoms in total. The number of sulfonamides is 1. The van der Waals surface area contributed by atoms with Gasteiger partial charge in [0.05, 0.1) is 27.6 Å². The summed E-state index contributed by atoms with van der Waals surface area (Å²) in [6.07, 6.45) is 1.21. The number of aliphatic carboxylic acids is 1. The van der Waals surface area contributed by atoms with Crippen LogP contribution in [0.3, 0.4) is 0 Å². The number of nitrogens with one attached hydrogen (secondary N) is 2. The van der Waals surface area contributed by atoms with Crippen molar-refractivity contribution in [1.82, 2.24) is 35.1 Å². The molecule has 1 aromatic carbocycles. The van der Waals surface area contributed by atoms with Crippen LogP contribution in [0.1, 0.15) is 40.0 Å². The van der Waals surface area contributed by atoms with Gasteiger partial charge >= 0.3 is 5.97 Å². The molecule has 1 aliphatic rings. The lowest BCUT2D eigenvalue weighted by Gasteiger charge is -2.35. The van der Waals surface area contributed by atoms with E-state index in [2.05, 4.69) is 25.4 Å². The highest BCUT2D eigenvalue weighted by Crippen LogP contribution is 2.36. The molecule has 230 valence electrons. The summed E-state index contributed by atoms with van der Waals surface area (Å²) in [6, 6.07) is 1.21. The molecule has 1 saturated heterocycles. The number of carboxylic acids is 1. The minimum absolute atomic E-state index is 0.130.